The maximum atomic E-state index is 7.08. The van der Waals surface area contributed by atoms with Crippen molar-refractivity contribution in [3.05, 3.63) is 65.2 Å². The summed E-state index contributed by atoms with van der Waals surface area (Å²) >= 11 is 0. The van der Waals surface area contributed by atoms with Gasteiger partial charge in [0.2, 0.25) is 0 Å². The molecule has 4 heteroatoms. The number of hydrogen-bond donors (Lipinski definition) is 0. The van der Waals surface area contributed by atoms with Crippen molar-refractivity contribution in [3.63, 3.8) is 0 Å². The fraction of sp³-hybridized carbons (Fsp3) is 0.571. The minimum Gasteiger partial charge on any atom is -0.497 e. The number of likely N-dealkylation sites (tertiary alicyclic amines) is 1. The van der Waals surface area contributed by atoms with Crippen LogP contribution in [0.1, 0.15) is 48.8 Å². The van der Waals surface area contributed by atoms with Gasteiger partial charge in [0.25, 0.3) is 0 Å². The summed E-state index contributed by atoms with van der Waals surface area (Å²) in [6.07, 6.45) is 7.58. The van der Waals surface area contributed by atoms with Crippen molar-refractivity contribution < 1.29 is 14.2 Å². The van der Waals surface area contributed by atoms with Crippen LogP contribution >= 0.6 is 0 Å². The Kier molecular flexibility index (Phi) is 4.32. The van der Waals surface area contributed by atoms with Gasteiger partial charge in [0.1, 0.15) is 5.75 Å². The molecule has 3 aliphatic heterocycles. The summed E-state index contributed by atoms with van der Waals surface area (Å²) in [5, 5.41) is 0. The quantitative estimate of drug-likeness (QED) is 0.674. The van der Waals surface area contributed by atoms with Crippen molar-refractivity contribution in [1.29, 1.82) is 0 Å². The molecule has 4 bridgehead atoms. The molecule has 7 rings (SSSR count). The second kappa shape index (κ2) is 7.06. The van der Waals surface area contributed by atoms with E-state index in [1.807, 2.05) is 0 Å². The minimum atomic E-state index is -0.120. The van der Waals surface area contributed by atoms with Crippen molar-refractivity contribution in [1.82, 2.24) is 4.90 Å². The highest BCUT2D eigenvalue weighted by Gasteiger charge is 2.74. The van der Waals surface area contributed by atoms with E-state index in [0.29, 0.717) is 12.6 Å². The smallest absolute Gasteiger partial charge is 0.119 e. The van der Waals surface area contributed by atoms with Crippen molar-refractivity contribution >= 4 is 0 Å². The predicted molar refractivity (Wildman–Crippen MR) is 123 cm³/mol. The molecule has 4 fully saturated rings. The highest BCUT2D eigenvalue weighted by Crippen LogP contribution is 2.66. The number of hydrogen-bond acceptors (Lipinski definition) is 4. The molecule has 1 spiro atoms. The van der Waals surface area contributed by atoms with E-state index in [1.165, 1.54) is 49.0 Å². The lowest BCUT2D eigenvalue weighted by molar-refractivity contribution is -0.122. The van der Waals surface area contributed by atoms with E-state index in [1.54, 1.807) is 7.11 Å². The molecule has 2 aromatic carbocycles. The standard InChI is InChI=1S/C28H33NO3/c1-30-22-10-9-21-13-26-28-16-24(31-18-20-5-3-2-4-6-20)25(32-28)15-27(28,23(21)14-22)11-12-29(26)17-19-7-8-19/h2-6,9-10,14,19,24-26H,7-8,11-13,15-18H2,1H3/t24-,25-,26+,27?,28+/m0/s1. The van der Waals surface area contributed by atoms with Crippen molar-refractivity contribution in [2.45, 2.75) is 74.4 Å². The third-order valence-electron chi connectivity index (χ3n) is 9.19. The summed E-state index contributed by atoms with van der Waals surface area (Å²) in [4.78, 5) is 2.80. The molecule has 32 heavy (non-hydrogen) atoms. The maximum Gasteiger partial charge on any atom is 0.119 e. The Morgan fingerprint density at radius 3 is 2.78 bits per heavy atom. The van der Waals surface area contributed by atoms with Gasteiger partial charge in [0.05, 0.1) is 31.5 Å². The Bertz CT molecular complexity index is 1020. The number of ether oxygens (including phenoxy) is 3. The number of piperidine rings is 1. The van der Waals surface area contributed by atoms with Crippen LogP contribution in [0, 0.1) is 5.92 Å². The Hall–Kier alpha value is -1.88. The van der Waals surface area contributed by atoms with Crippen molar-refractivity contribution in [3.8, 4) is 5.75 Å². The van der Waals surface area contributed by atoms with Crippen LogP contribution < -0.4 is 4.74 Å². The van der Waals surface area contributed by atoms with Crippen LogP contribution in [-0.2, 0) is 27.9 Å². The van der Waals surface area contributed by atoms with Gasteiger partial charge >= 0.3 is 0 Å². The molecule has 2 aliphatic carbocycles. The highest BCUT2D eigenvalue weighted by molar-refractivity contribution is 5.50. The Morgan fingerprint density at radius 2 is 1.97 bits per heavy atom. The second-order valence-corrected chi connectivity index (χ2v) is 10.8. The summed E-state index contributed by atoms with van der Waals surface area (Å²) in [7, 11) is 1.78. The maximum absolute atomic E-state index is 7.08. The summed E-state index contributed by atoms with van der Waals surface area (Å²) < 4.78 is 19.3. The van der Waals surface area contributed by atoms with Crippen LogP contribution in [0.2, 0.25) is 0 Å². The van der Waals surface area contributed by atoms with Crippen LogP contribution in [0.15, 0.2) is 48.5 Å². The molecule has 1 saturated carbocycles. The van der Waals surface area contributed by atoms with E-state index < -0.39 is 0 Å². The van der Waals surface area contributed by atoms with Gasteiger partial charge < -0.3 is 14.2 Å². The molecule has 0 aromatic heterocycles. The van der Waals surface area contributed by atoms with Crippen LogP contribution in [0.5, 0.6) is 5.75 Å². The van der Waals surface area contributed by atoms with Crippen LogP contribution in [0.4, 0.5) is 0 Å². The molecule has 5 atom stereocenters. The van der Waals surface area contributed by atoms with Gasteiger partial charge in [0.15, 0.2) is 0 Å². The van der Waals surface area contributed by atoms with Crippen LogP contribution in [0.25, 0.3) is 0 Å². The van der Waals surface area contributed by atoms with E-state index >= 15 is 0 Å². The largest absolute Gasteiger partial charge is 0.497 e. The molecule has 2 aromatic rings. The first-order chi connectivity index (χ1) is 15.7. The molecule has 3 heterocycles. The molecule has 0 amide bonds. The number of methoxy groups -OCH3 is 1. The monoisotopic (exact) mass is 431 g/mol. The van der Waals surface area contributed by atoms with E-state index in [2.05, 4.69) is 53.4 Å². The zero-order valence-electron chi connectivity index (χ0n) is 19.0. The Balaban J connectivity index is 1.24. The van der Waals surface area contributed by atoms with Gasteiger partial charge in [0, 0.05) is 24.4 Å². The second-order valence-electron chi connectivity index (χ2n) is 10.8. The first-order valence-electron chi connectivity index (χ1n) is 12.5. The van der Waals surface area contributed by atoms with Crippen molar-refractivity contribution in [2.75, 3.05) is 20.2 Å². The van der Waals surface area contributed by atoms with E-state index in [9.17, 15) is 0 Å². The fourth-order valence-corrected chi connectivity index (χ4v) is 7.53. The molecule has 0 radical (unpaired) electrons. The lowest BCUT2D eigenvalue weighted by Gasteiger charge is -2.60. The highest BCUT2D eigenvalue weighted by atomic mass is 16.6. The molecule has 5 aliphatic rings. The summed E-state index contributed by atoms with van der Waals surface area (Å²) in [6.45, 7) is 3.12. The zero-order valence-corrected chi connectivity index (χ0v) is 19.0. The number of fused-ring (bicyclic) bond motifs is 2. The third-order valence-corrected chi connectivity index (χ3v) is 9.19. The van der Waals surface area contributed by atoms with Gasteiger partial charge in [-0.2, -0.15) is 0 Å². The van der Waals surface area contributed by atoms with Gasteiger partial charge in [-0.1, -0.05) is 36.4 Å². The number of rotatable bonds is 6. The van der Waals surface area contributed by atoms with Crippen LogP contribution in [0.3, 0.4) is 0 Å². The lowest BCUT2D eigenvalue weighted by Crippen LogP contribution is -2.70. The summed E-state index contributed by atoms with van der Waals surface area (Å²) in [5.74, 6) is 1.88. The average Bonchev–Trinajstić information content (AvgIpc) is 3.48. The SMILES string of the molecule is COc1ccc2c(c1)C13CCN(CC4CC4)[C@H](C2)[C@]12C[C@H](OCc1ccccc1)[C@H](C3)O2. The number of benzene rings is 2. The van der Waals surface area contributed by atoms with E-state index in [-0.39, 0.29) is 23.2 Å². The molecule has 168 valence electrons. The zero-order chi connectivity index (χ0) is 21.3. The molecule has 0 N–H and O–H groups in total. The Morgan fingerprint density at radius 1 is 1.09 bits per heavy atom. The Labute approximate surface area is 190 Å². The predicted octanol–water partition coefficient (Wildman–Crippen LogP) is 4.49. The molecular weight excluding hydrogens is 398 g/mol. The summed E-state index contributed by atoms with van der Waals surface area (Å²) in [5.41, 5.74) is 4.25. The number of nitrogens with zero attached hydrogens (tertiary/aromatic N) is 1. The van der Waals surface area contributed by atoms with Gasteiger partial charge in [-0.15, -0.1) is 0 Å². The van der Waals surface area contributed by atoms with Crippen LogP contribution in [-0.4, -0.2) is 49.0 Å². The van der Waals surface area contributed by atoms with Gasteiger partial charge in [-0.3, -0.25) is 4.90 Å². The molecule has 4 nitrogen and oxygen atoms in total. The van der Waals surface area contributed by atoms with Gasteiger partial charge in [-0.05, 0) is 73.4 Å². The molecular formula is C28H33NO3. The van der Waals surface area contributed by atoms with E-state index in [0.717, 1.165) is 30.9 Å². The van der Waals surface area contributed by atoms with Gasteiger partial charge in [-0.25, -0.2) is 0 Å². The molecule has 1 unspecified atom stereocenters. The first-order valence-corrected chi connectivity index (χ1v) is 12.5. The van der Waals surface area contributed by atoms with E-state index in [4.69, 9.17) is 14.2 Å². The molecule has 3 saturated heterocycles. The fourth-order valence-electron chi connectivity index (χ4n) is 7.53. The third kappa shape index (κ3) is 2.72. The summed E-state index contributed by atoms with van der Waals surface area (Å²) in [6, 6.07) is 17.8. The first kappa shape index (κ1) is 19.6. The topological polar surface area (TPSA) is 30.9 Å². The average molecular weight is 432 g/mol. The normalized spacial score (nSPS) is 37.2. The van der Waals surface area contributed by atoms with Crippen molar-refractivity contribution in [2.24, 2.45) is 5.92 Å². The lowest BCUT2D eigenvalue weighted by atomic mass is 9.51. The minimum absolute atomic E-state index is 0.108.